The molecule has 1 aromatic rings. The van der Waals surface area contributed by atoms with Gasteiger partial charge < -0.3 is 4.74 Å². The van der Waals surface area contributed by atoms with Crippen LogP contribution in [0.25, 0.3) is 0 Å². The van der Waals surface area contributed by atoms with Crippen LogP contribution >= 0.6 is 11.6 Å². The van der Waals surface area contributed by atoms with Gasteiger partial charge in [0, 0.05) is 5.56 Å². The van der Waals surface area contributed by atoms with Crippen LogP contribution in [0.2, 0.25) is 0 Å². The number of hydrogen-bond donors (Lipinski definition) is 0. The van der Waals surface area contributed by atoms with E-state index in [1.165, 1.54) is 24.3 Å². The van der Waals surface area contributed by atoms with Crippen molar-refractivity contribution in [2.45, 2.75) is 0 Å². The van der Waals surface area contributed by atoms with Gasteiger partial charge in [-0.05, 0) is 35.9 Å². The van der Waals surface area contributed by atoms with E-state index in [1.54, 1.807) is 0 Å². The molecule has 1 rings (SSSR count). The highest BCUT2D eigenvalue weighted by atomic mass is 35.5. The molecular weight excluding hydrogens is 183 g/mol. The summed E-state index contributed by atoms with van der Waals surface area (Å²) in [6, 6.07) is 5.91. The molecule has 0 unspecified atom stereocenters. The average Bonchev–Trinajstić information content (AvgIpc) is 2.06. The number of carbonyl (C=O) groups excluding carboxylic acids is 1. The van der Waals surface area contributed by atoms with Crippen LogP contribution in [0.3, 0.4) is 0 Å². The van der Waals surface area contributed by atoms with Crippen LogP contribution in [0.15, 0.2) is 24.3 Å². The van der Waals surface area contributed by atoms with Gasteiger partial charge in [0.15, 0.2) is 0 Å². The number of ether oxygens (including phenoxy) is 1. The fourth-order valence-corrected chi connectivity index (χ4v) is 0.871. The Kier molecular flexibility index (Phi) is 3.05. The number of rotatable bonds is 3. The smallest absolute Gasteiger partial charge is 0.252 e. The van der Waals surface area contributed by atoms with Crippen molar-refractivity contribution < 1.29 is 13.9 Å². The fraction of sp³-hybridized carbons (Fsp3) is 0.125. The molecule has 0 aliphatic heterocycles. The van der Waals surface area contributed by atoms with Crippen LogP contribution in [0.1, 0.15) is 10.4 Å². The quantitative estimate of drug-likeness (QED) is 0.681. The summed E-state index contributed by atoms with van der Waals surface area (Å²) in [5, 5.41) is -0.540. The molecule has 0 bridgehead atoms. The Bertz CT molecular complexity index is 271. The van der Waals surface area contributed by atoms with Crippen molar-refractivity contribution in [2.75, 3.05) is 6.86 Å². The van der Waals surface area contributed by atoms with Crippen molar-refractivity contribution in [3.05, 3.63) is 29.8 Å². The first-order chi connectivity index (χ1) is 5.74. The lowest BCUT2D eigenvalue weighted by Crippen LogP contribution is -1.91. The Morgan fingerprint density at radius 1 is 1.42 bits per heavy atom. The molecule has 0 amide bonds. The molecule has 2 nitrogen and oxygen atoms in total. The summed E-state index contributed by atoms with van der Waals surface area (Å²) >= 11 is 5.18. The molecule has 0 aromatic heterocycles. The molecule has 1 aromatic carbocycles. The standard InChI is InChI=1S/C8H6ClFO2/c9-8(11)6-1-3-7(4-2-6)12-5-10/h1-4H,5H2. The number of halogens is 2. The first-order valence-electron chi connectivity index (χ1n) is 3.22. The summed E-state index contributed by atoms with van der Waals surface area (Å²) in [6.07, 6.45) is 0. The van der Waals surface area contributed by atoms with Crippen molar-refractivity contribution in [2.24, 2.45) is 0 Å². The Hall–Kier alpha value is -1.09. The van der Waals surface area contributed by atoms with Gasteiger partial charge in [0.2, 0.25) is 6.86 Å². The molecular formula is C8H6ClFO2. The van der Waals surface area contributed by atoms with Crippen LogP contribution in [0.5, 0.6) is 5.75 Å². The van der Waals surface area contributed by atoms with Crippen LogP contribution in [-0.2, 0) is 0 Å². The van der Waals surface area contributed by atoms with Gasteiger partial charge in [-0.3, -0.25) is 4.79 Å². The third-order valence-electron chi connectivity index (χ3n) is 1.30. The lowest BCUT2D eigenvalue weighted by atomic mass is 10.2. The van der Waals surface area contributed by atoms with E-state index in [2.05, 4.69) is 4.74 Å². The van der Waals surface area contributed by atoms with Crippen molar-refractivity contribution in [3.8, 4) is 5.75 Å². The van der Waals surface area contributed by atoms with Gasteiger partial charge in [-0.1, -0.05) is 0 Å². The first-order valence-corrected chi connectivity index (χ1v) is 3.60. The van der Waals surface area contributed by atoms with Crippen molar-refractivity contribution >= 4 is 16.8 Å². The predicted octanol–water partition coefficient (Wildman–Crippen LogP) is 2.37. The average molecular weight is 189 g/mol. The summed E-state index contributed by atoms with van der Waals surface area (Å²) in [5.41, 5.74) is 0.364. The van der Waals surface area contributed by atoms with Crippen molar-refractivity contribution in [1.82, 2.24) is 0 Å². The monoisotopic (exact) mass is 188 g/mol. The molecule has 0 saturated heterocycles. The molecule has 0 heterocycles. The molecule has 12 heavy (non-hydrogen) atoms. The molecule has 64 valence electrons. The molecule has 0 spiro atoms. The molecule has 4 heteroatoms. The van der Waals surface area contributed by atoms with Crippen LogP contribution in [-0.4, -0.2) is 12.1 Å². The van der Waals surface area contributed by atoms with E-state index in [0.29, 0.717) is 11.3 Å². The summed E-state index contributed by atoms with van der Waals surface area (Å²) < 4.78 is 16.1. The Morgan fingerprint density at radius 2 is 2.00 bits per heavy atom. The highest BCUT2D eigenvalue weighted by Crippen LogP contribution is 2.13. The highest BCUT2D eigenvalue weighted by Gasteiger charge is 2.00. The van der Waals surface area contributed by atoms with E-state index >= 15 is 0 Å². The molecule has 0 aliphatic rings. The maximum absolute atomic E-state index is 11.6. The van der Waals surface area contributed by atoms with Gasteiger partial charge in [-0.2, -0.15) is 0 Å². The molecule has 0 saturated carbocycles. The third-order valence-corrected chi connectivity index (χ3v) is 1.52. The molecule has 0 atom stereocenters. The zero-order valence-electron chi connectivity index (χ0n) is 6.09. The predicted molar refractivity (Wildman–Crippen MR) is 43.2 cm³/mol. The number of alkyl halides is 1. The summed E-state index contributed by atoms with van der Waals surface area (Å²) in [5.74, 6) is 0.374. The third kappa shape index (κ3) is 2.20. The molecule has 0 fully saturated rings. The van der Waals surface area contributed by atoms with Crippen LogP contribution in [0.4, 0.5) is 4.39 Å². The summed E-state index contributed by atoms with van der Waals surface area (Å²) in [7, 11) is 0. The normalized spacial score (nSPS) is 9.50. The van der Waals surface area contributed by atoms with Gasteiger partial charge >= 0.3 is 0 Å². The number of carbonyl (C=O) groups is 1. The Labute approximate surface area is 73.9 Å². The van der Waals surface area contributed by atoms with Gasteiger partial charge in [0.1, 0.15) is 5.75 Å². The second-order valence-corrected chi connectivity index (χ2v) is 2.39. The maximum atomic E-state index is 11.6. The SMILES string of the molecule is O=C(Cl)c1ccc(OCF)cc1. The summed E-state index contributed by atoms with van der Waals surface area (Å²) in [6.45, 7) is -0.881. The van der Waals surface area contributed by atoms with Gasteiger partial charge in [0.05, 0.1) is 0 Å². The molecule has 0 aliphatic carbocycles. The zero-order valence-corrected chi connectivity index (χ0v) is 6.84. The highest BCUT2D eigenvalue weighted by molar-refractivity contribution is 6.67. The van der Waals surface area contributed by atoms with Crippen LogP contribution in [0, 0.1) is 0 Å². The lowest BCUT2D eigenvalue weighted by molar-refractivity contribution is 0.108. The van der Waals surface area contributed by atoms with Gasteiger partial charge in [-0.25, -0.2) is 4.39 Å². The minimum Gasteiger partial charge on any atom is -0.463 e. The van der Waals surface area contributed by atoms with Crippen molar-refractivity contribution in [3.63, 3.8) is 0 Å². The molecule has 0 N–H and O–H groups in total. The largest absolute Gasteiger partial charge is 0.463 e. The second-order valence-electron chi connectivity index (χ2n) is 2.05. The first kappa shape index (κ1) is 9.00. The van der Waals surface area contributed by atoms with E-state index in [0.717, 1.165) is 0 Å². The zero-order chi connectivity index (χ0) is 8.97. The summed E-state index contributed by atoms with van der Waals surface area (Å²) in [4.78, 5) is 10.6. The van der Waals surface area contributed by atoms with E-state index < -0.39 is 12.1 Å². The number of benzene rings is 1. The maximum Gasteiger partial charge on any atom is 0.252 e. The van der Waals surface area contributed by atoms with E-state index in [1.807, 2.05) is 0 Å². The fourth-order valence-electron chi connectivity index (χ4n) is 0.745. The van der Waals surface area contributed by atoms with Gasteiger partial charge in [0.25, 0.3) is 5.24 Å². The second kappa shape index (κ2) is 4.07. The van der Waals surface area contributed by atoms with E-state index in [9.17, 15) is 9.18 Å². The molecule has 0 radical (unpaired) electrons. The van der Waals surface area contributed by atoms with E-state index in [4.69, 9.17) is 11.6 Å². The minimum atomic E-state index is -0.881. The van der Waals surface area contributed by atoms with Crippen molar-refractivity contribution in [1.29, 1.82) is 0 Å². The van der Waals surface area contributed by atoms with Gasteiger partial charge in [-0.15, -0.1) is 0 Å². The number of hydrogen-bond acceptors (Lipinski definition) is 2. The Morgan fingerprint density at radius 3 is 2.42 bits per heavy atom. The minimum absolute atomic E-state index is 0.364. The van der Waals surface area contributed by atoms with E-state index in [-0.39, 0.29) is 0 Å². The lowest BCUT2D eigenvalue weighted by Gasteiger charge is -1.99. The topological polar surface area (TPSA) is 26.3 Å². The Balaban J connectivity index is 2.78. The van der Waals surface area contributed by atoms with Crippen LogP contribution < -0.4 is 4.74 Å².